The first-order valence-corrected chi connectivity index (χ1v) is 6.96. The molecule has 1 fully saturated rings. The molecule has 0 radical (unpaired) electrons. The zero-order chi connectivity index (χ0) is 15.1. The number of amides is 2. The van der Waals surface area contributed by atoms with Crippen molar-refractivity contribution < 1.29 is 14.7 Å². The highest BCUT2D eigenvalue weighted by Crippen LogP contribution is 2.01. The van der Waals surface area contributed by atoms with Crippen LogP contribution in [0.5, 0.6) is 0 Å². The van der Waals surface area contributed by atoms with Gasteiger partial charge >= 0.3 is 12.0 Å². The summed E-state index contributed by atoms with van der Waals surface area (Å²) >= 11 is 0. The van der Waals surface area contributed by atoms with Crippen LogP contribution >= 0.6 is 0 Å². The zero-order valence-corrected chi connectivity index (χ0v) is 11.8. The summed E-state index contributed by atoms with van der Waals surface area (Å²) in [5.41, 5.74) is 0. The van der Waals surface area contributed by atoms with E-state index in [0.29, 0.717) is 39.3 Å². The number of carboxylic acid groups (broad SMARTS) is 1. The molecule has 1 aromatic rings. The van der Waals surface area contributed by atoms with Crippen LogP contribution in [0.4, 0.5) is 4.79 Å². The molecule has 21 heavy (non-hydrogen) atoms. The SMILES string of the molecule is O=C(O)CN1CCN(C(=O)NCCCn2ccnn2)CC1. The predicted octanol–water partition coefficient (Wildman–Crippen LogP) is -0.920. The maximum atomic E-state index is 11.9. The van der Waals surface area contributed by atoms with Crippen LogP contribution in [-0.4, -0.2) is 81.2 Å². The van der Waals surface area contributed by atoms with Crippen molar-refractivity contribution in [3.63, 3.8) is 0 Å². The Bertz CT molecular complexity index is 456. The van der Waals surface area contributed by atoms with E-state index in [4.69, 9.17) is 5.11 Å². The van der Waals surface area contributed by atoms with Crippen molar-refractivity contribution in [1.29, 1.82) is 0 Å². The molecular formula is C12H20N6O3. The summed E-state index contributed by atoms with van der Waals surface area (Å²) in [6.45, 7) is 3.63. The lowest BCUT2D eigenvalue weighted by atomic mass is 10.3. The van der Waals surface area contributed by atoms with Crippen molar-refractivity contribution in [2.45, 2.75) is 13.0 Å². The number of nitrogens with zero attached hydrogens (tertiary/aromatic N) is 5. The lowest BCUT2D eigenvalue weighted by Crippen LogP contribution is -2.52. The molecule has 1 aliphatic rings. The molecule has 2 rings (SSSR count). The van der Waals surface area contributed by atoms with Crippen molar-refractivity contribution in [2.75, 3.05) is 39.3 Å². The fraction of sp³-hybridized carbons (Fsp3) is 0.667. The highest BCUT2D eigenvalue weighted by molar-refractivity contribution is 5.74. The van der Waals surface area contributed by atoms with Gasteiger partial charge in [-0.2, -0.15) is 0 Å². The molecule has 9 heteroatoms. The number of carbonyl (C=O) groups excluding carboxylic acids is 1. The fourth-order valence-electron chi connectivity index (χ4n) is 2.20. The van der Waals surface area contributed by atoms with Crippen LogP contribution in [0, 0.1) is 0 Å². The second-order valence-electron chi connectivity index (χ2n) is 4.91. The van der Waals surface area contributed by atoms with E-state index in [1.807, 2.05) is 4.90 Å². The minimum absolute atomic E-state index is 0.0351. The molecule has 1 saturated heterocycles. The third-order valence-corrected chi connectivity index (χ3v) is 3.33. The van der Waals surface area contributed by atoms with E-state index in [1.54, 1.807) is 22.0 Å². The van der Waals surface area contributed by atoms with Crippen molar-refractivity contribution in [3.8, 4) is 0 Å². The van der Waals surface area contributed by atoms with E-state index in [1.165, 1.54) is 0 Å². The fourth-order valence-corrected chi connectivity index (χ4v) is 2.20. The highest BCUT2D eigenvalue weighted by atomic mass is 16.4. The van der Waals surface area contributed by atoms with Crippen molar-refractivity contribution in [2.24, 2.45) is 0 Å². The lowest BCUT2D eigenvalue weighted by Gasteiger charge is -2.33. The molecule has 0 unspecified atom stereocenters. The summed E-state index contributed by atoms with van der Waals surface area (Å²) in [5, 5.41) is 19.1. The van der Waals surface area contributed by atoms with Crippen LogP contribution in [0.15, 0.2) is 12.4 Å². The van der Waals surface area contributed by atoms with Gasteiger partial charge in [-0.1, -0.05) is 5.21 Å². The van der Waals surface area contributed by atoms with Gasteiger partial charge < -0.3 is 15.3 Å². The molecule has 0 spiro atoms. The van der Waals surface area contributed by atoms with Gasteiger partial charge in [0.05, 0.1) is 12.7 Å². The van der Waals surface area contributed by atoms with Gasteiger partial charge in [0.2, 0.25) is 0 Å². The number of nitrogens with one attached hydrogen (secondary N) is 1. The first-order chi connectivity index (χ1) is 10.1. The van der Waals surface area contributed by atoms with Gasteiger partial charge in [0.15, 0.2) is 0 Å². The van der Waals surface area contributed by atoms with Crippen LogP contribution < -0.4 is 5.32 Å². The number of aryl methyl sites for hydroxylation is 1. The number of aromatic nitrogens is 3. The van der Waals surface area contributed by atoms with E-state index in [0.717, 1.165) is 6.42 Å². The number of piperazine rings is 1. The zero-order valence-electron chi connectivity index (χ0n) is 11.8. The maximum absolute atomic E-state index is 11.9. The number of rotatable bonds is 6. The van der Waals surface area contributed by atoms with E-state index in [-0.39, 0.29) is 12.6 Å². The normalized spacial score (nSPS) is 15.9. The first-order valence-electron chi connectivity index (χ1n) is 6.96. The summed E-state index contributed by atoms with van der Waals surface area (Å²) in [6, 6.07) is -0.0939. The minimum Gasteiger partial charge on any atom is -0.480 e. The van der Waals surface area contributed by atoms with Crippen LogP contribution in [0.3, 0.4) is 0 Å². The van der Waals surface area contributed by atoms with Gasteiger partial charge in [-0.15, -0.1) is 5.10 Å². The van der Waals surface area contributed by atoms with Gasteiger partial charge in [0.1, 0.15) is 0 Å². The van der Waals surface area contributed by atoms with Crippen molar-refractivity contribution >= 4 is 12.0 Å². The molecule has 2 amide bonds. The topological polar surface area (TPSA) is 104 Å². The minimum atomic E-state index is -0.832. The average molecular weight is 296 g/mol. The highest BCUT2D eigenvalue weighted by Gasteiger charge is 2.21. The molecule has 0 bridgehead atoms. The first kappa shape index (κ1) is 15.2. The van der Waals surface area contributed by atoms with Crippen LogP contribution in [0.25, 0.3) is 0 Å². The van der Waals surface area contributed by atoms with Gasteiger partial charge in [0.25, 0.3) is 0 Å². The van der Waals surface area contributed by atoms with Crippen LogP contribution in [0.2, 0.25) is 0 Å². The smallest absolute Gasteiger partial charge is 0.317 e. The number of carbonyl (C=O) groups is 2. The predicted molar refractivity (Wildman–Crippen MR) is 73.7 cm³/mol. The lowest BCUT2D eigenvalue weighted by molar-refractivity contribution is -0.138. The number of hydrogen-bond donors (Lipinski definition) is 2. The molecule has 2 N–H and O–H groups in total. The molecule has 0 aliphatic carbocycles. The second kappa shape index (κ2) is 7.58. The third kappa shape index (κ3) is 5.03. The Kier molecular flexibility index (Phi) is 5.50. The molecule has 1 aliphatic heterocycles. The van der Waals surface area contributed by atoms with Crippen LogP contribution in [0.1, 0.15) is 6.42 Å². The van der Waals surface area contributed by atoms with Gasteiger partial charge in [-0.3, -0.25) is 14.4 Å². The number of hydrogen-bond acceptors (Lipinski definition) is 5. The van der Waals surface area contributed by atoms with E-state index < -0.39 is 5.97 Å². The van der Waals surface area contributed by atoms with Crippen molar-refractivity contribution in [1.82, 2.24) is 30.1 Å². The summed E-state index contributed by atoms with van der Waals surface area (Å²) in [4.78, 5) is 26.1. The Morgan fingerprint density at radius 1 is 1.24 bits per heavy atom. The Balaban J connectivity index is 1.60. The molecule has 116 valence electrons. The molecule has 0 aromatic carbocycles. The Labute approximate surface area is 122 Å². The summed E-state index contributed by atoms with van der Waals surface area (Å²) < 4.78 is 1.72. The molecule has 9 nitrogen and oxygen atoms in total. The molecule has 0 atom stereocenters. The van der Waals surface area contributed by atoms with Gasteiger partial charge in [-0.25, -0.2) is 4.79 Å². The Morgan fingerprint density at radius 3 is 2.62 bits per heavy atom. The Morgan fingerprint density at radius 2 is 2.00 bits per heavy atom. The van der Waals surface area contributed by atoms with E-state index in [2.05, 4.69) is 15.6 Å². The average Bonchev–Trinajstić information content (AvgIpc) is 2.97. The van der Waals surface area contributed by atoms with Gasteiger partial charge in [-0.05, 0) is 6.42 Å². The van der Waals surface area contributed by atoms with Crippen LogP contribution in [-0.2, 0) is 11.3 Å². The second-order valence-corrected chi connectivity index (χ2v) is 4.91. The molecular weight excluding hydrogens is 276 g/mol. The summed E-state index contributed by atoms with van der Waals surface area (Å²) in [7, 11) is 0. The summed E-state index contributed by atoms with van der Waals surface area (Å²) in [6.07, 6.45) is 4.19. The van der Waals surface area contributed by atoms with E-state index in [9.17, 15) is 9.59 Å². The summed E-state index contributed by atoms with van der Waals surface area (Å²) in [5.74, 6) is -0.832. The van der Waals surface area contributed by atoms with Crippen molar-refractivity contribution in [3.05, 3.63) is 12.4 Å². The number of urea groups is 1. The quantitative estimate of drug-likeness (QED) is 0.658. The number of aliphatic carboxylic acids is 1. The third-order valence-electron chi connectivity index (χ3n) is 3.33. The molecule has 0 saturated carbocycles. The molecule has 2 heterocycles. The standard InChI is InChI=1S/C12H20N6O3/c19-11(20)10-16-6-8-17(9-7-16)12(21)13-2-1-4-18-5-3-14-15-18/h3,5H,1-2,4,6-10H2,(H,13,21)(H,19,20). The number of carboxylic acids is 1. The van der Waals surface area contributed by atoms with Gasteiger partial charge in [0, 0.05) is 45.5 Å². The molecule has 1 aromatic heterocycles. The monoisotopic (exact) mass is 296 g/mol. The maximum Gasteiger partial charge on any atom is 0.317 e. The Hall–Kier alpha value is -2.16. The van der Waals surface area contributed by atoms with E-state index >= 15 is 0 Å². The largest absolute Gasteiger partial charge is 0.480 e.